The van der Waals surface area contributed by atoms with Crippen LogP contribution in [-0.4, -0.2) is 21.3 Å². The second-order valence-corrected chi connectivity index (χ2v) is 12.7. The molecule has 1 atom stereocenters. The molecule has 1 unspecified atom stereocenters. The summed E-state index contributed by atoms with van der Waals surface area (Å²) in [6.45, 7) is 7.54. The van der Waals surface area contributed by atoms with E-state index in [1.54, 1.807) is 0 Å². The molecular formula is C31H50O2Si. The average Bonchev–Trinajstić information content (AvgIpc) is 2.88. The van der Waals surface area contributed by atoms with Crippen LogP contribution in [0.1, 0.15) is 111 Å². The summed E-state index contributed by atoms with van der Waals surface area (Å²) >= 11 is 0. The normalized spacial score (nSPS) is 12.7. The van der Waals surface area contributed by atoms with Crippen LogP contribution >= 0.6 is 0 Å². The highest BCUT2D eigenvalue weighted by Gasteiger charge is 2.43. The molecule has 0 saturated heterocycles. The Morgan fingerprint density at radius 3 is 1.53 bits per heavy atom. The molecule has 0 aromatic heterocycles. The lowest BCUT2D eigenvalue weighted by molar-refractivity contribution is 0.132. The molecule has 0 spiro atoms. The maximum absolute atomic E-state index is 6.97. The third kappa shape index (κ3) is 10.5. The van der Waals surface area contributed by atoms with Crippen molar-refractivity contribution >= 4 is 18.9 Å². The fraction of sp³-hybridized carbons (Fsp3) is 0.613. The topological polar surface area (TPSA) is 18.5 Å². The minimum atomic E-state index is -2.77. The summed E-state index contributed by atoms with van der Waals surface area (Å²) in [6, 6.07) is 21.5. The van der Waals surface area contributed by atoms with E-state index < -0.39 is 8.56 Å². The quantitative estimate of drug-likeness (QED) is 0.140. The van der Waals surface area contributed by atoms with Crippen molar-refractivity contribution in [1.29, 1.82) is 0 Å². The molecule has 0 fully saturated rings. The lowest BCUT2D eigenvalue weighted by atomic mass is 10.1. The van der Waals surface area contributed by atoms with Crippen LogP contribution in [0.3, 0.4) is 0 Å². The molecule has 0 aliphatic rings. The van der Waals surface area contributed by atoms with Crippen molar-refractivity contribution in [2.75, 3.05) is 6.61 Å². The van der Waals surface area contributed by atoms with Gasteiger partial charge in [-0.25, -0.2) is 0 Å². The first-order valence-corrected chi connectivity index (χ1v) is 16.0. The van der Waals surface area contributed by atoms with Crippen molar-refractivity contribution in [1.82, 2.24) is 0 Å². The molecule has 0 saturated carbocycles. The fourth-order valence-corrected chi connectivity index (χ4v) is 8.03. The SMILES string of the molecule is CCCCCCCCCCCCO[Si](OC(C)CCCCC)(c1ccccc1)c1ccccc1. The van der Waals surface area contributed by atoms with Crippen LogP contribution in [0.25, 0.3) is 0 Å². The summed E-state index contributed by atoms with van der Waals surface area (Å²) in [5.74, 6) is 0. The first-order valence-electron chi connectivity index (χ1n) is 14.2. The van der Waals surface area contributed by atoms with Crippen molar-refractivity contribution in [3.05, 3.63) is 60.7 Å². The Morgan fingerprint density at radius 1 is 0.588 bits per heavy atom. The minimum absolute atomic E-state index is 0.186. The van der Waals surface area contributed by atoms with Crippen molar-refractivity contribution in [3.8, 4) is 0 Å². The van der Waals surface area contributed by atoms with Gasteiger partial charge >= 0.3 is 8.56 Å². The highest BCUT2D eigenvalue weighted by molar-refractivity contribution is 6.92. The molecule has 0 heterocycles. The number of rotatable bonds is 20. The summed E-state index contributed by atoms with van der Waals surface area (Å²) in [7, 11) is -2.77. The zero-order valence-electron chi connectivity index (χ0n) is 22.3. The minimum Gasteiger partial charge on any atom is -0.388 e. The van der Waals surface area contributed by atoms with E-state index >= 15 is 0 Å². The Kier molecular flexibility index (Phi) is 15.2. The van der Waals surface area contributed by atoms with E-state index in [9.17, 15) is 0 Å². The molecule has 2 aromatic carbocycles. The second kappa shape index (κ2) is 17.9. The molecule has 2 aromatic rings. The maximum atomic E-state index is 6.97. The van der Waals surface area contributed by atoms with E-state index in [2.05, 4.69) is 81.4 Å². The Bertz CT molecular complexity index is 679. The van der Waals surface area contributed by atoms with E-state index in [0.717, 1.165) is 19.4 Å². The Balaban J connectivity index is 1.98. The Morgan fingerprint density at radius 2 is 1.03 bits per heavy atom. The van der Waals surface area contributed by atoms with Crippen LogP contribution in [0.5, 0.6) is 0 Å². The van der Waals surface area contributed by atoms with Gasteiger partial charge in [0.15, 0.2) is 0 Å². The van der Waals surface area contributed by atoms with Crippen molar-refractivity contribution in [3.63, 3.8) is 0 Å². The van der Waals surface area contributed by atoms with Gasteiger partial charge in [0, 0.05) is 12.7 Å². The summed E-state index contributed by atoms with van der Waals surface area (Å²) in [4.78, 5) is 0. The van der Waals surface area contributed by atoms with Gasteiger partial charge in [-0.3, -0.25) is 0 Å². The number of benzene rings is 2. The molecule has 2 nitrogen and oxygen atoms in total. The molecule has 0 aliphatic carbocycles. The number of unbranched alkanes of at least 4 members (excludes halogenated alkanes) is 11. The number of hydrogen-bond donors (Lipinski definition) is 0. The highest BCUT2D eigenvalue weighted by Crippen LogP contribution is 2.18. The summed E-state index contributed by atoms with van der Waals surface area (Å²) < 4.78 is 13.8. The Hall–Kier alpha value is -1.42. The number of hydrogen-bond acceptors (Lipinski definition) is 2. The smallest absolute Gasteiger partial charge is 0.388 e. The molecule has 0 radical (unpaired) electrons. The predicted octanol–water partition coefficient (Wildman–Crippen LogP) is 8.17. The third-order valence-electron chi connectivity index (χ3n) is 6.69. The van der Waals surface area contributed by atoms with Gasteiger partial charge in [-0.15, -0.1) is 0 Å². The summed E-state index contributed by atoms with van der Waals surface area (Å²) in [6.07, 6.45) is 18.3. The molecule has 2 rings (SSSR count). The maximum Gasteiger partial charge on any atom is 0.407 e. The lowest BCUT2D eigenvalue weighted by Crippen LogP contribution is -2.64. The van der Waals surface area contributed by atoms with Gasteiger partial charge in [0.2, 0.25) is 0 Å². The highest BCUT2D eigenvalue weighted by atomic mass is 28.4. The van der Waals surface area contributed by atoms with Gasteiger partial charge in [0.25, 0.3) is 0 Å². The van der Waals surface area contributed by atoms with Gasteiger partial charge in [0.1, 0.15) is 0 Å². The van der Waals surface area contributed by atoms with Crippen LogP contribution in [0.4, 0.5) is 0 Å². The molecule has 0 bridgehead atoms. The standard InChI is InChI=1S/C31H50O2Si/c1-4-6-8-9-10-11-12-13-14-22-28-32-34(30-24-18-15-19-25-30,31-26-20-16-21-27-31)33-29(3)23-17-7-5-2/h15-16,18-21,24-27,29H,4-14,17,22-23,28H2,1-3H3. The predicted molar refractivity (Wildman–Crippen MR) is 150 cm³/mol. The second-order valence-electron chi connectivity index (χ2n) is 9.80. The van der Waals surface area contributed by atoms with Gasteiger partial charge in [0.05, 0.1) is 0 Å². The van der Waals surface area contributed by atoms with Crippen molar-refractivity contribution in [2.45, 2.75) is 117 Å². The van der Waals surface area contributed by atoms with Gasteiger partial charge in [-0.05, 0) is 30.1 Å². The average molecular weight is 483 g/mol. The first kappa shape index (κ1) is 28.8. The van der Waals surface area contributed by atoms with Gasteiger partial charge < -0.3 is 8.85 Å². The zero-order valence-corrected chi connectivity index (χ0v) is 23.3. The molecule has 0 N–H and O–H groups in total. The van der Waals surface area contributed by atoms with Crippen molar-refractivity contribution in [2.24, 2.45) is 0 Å². The Labute approximate surface area is 211 Å². The summed E-state index contributed by atoms with van der Waals surface area (Å²) in [5.41, 5.74) is 0. The fourth-order valence-electron chi connectivity index (χ4n) is 4.65. The van der Waals surface area contributed by atoms with Crippen LogP contribution in [0.2, 0.25) is 0 Å². The van der Waals surface area contributed by atoms with E-state index in [1.165, 1.54) is 87.4 Å². The van der Waals surface area contributed by atoms with Gasteiger partial charge in [-0.2, -0.15) is 0 Å². The molecule has 0 aliphatic heterocycles. The molecular weight excluding hydrogens is 432 g/mol. The molecule has 190 valence electrons. The van der Waals surface area contributed by atoms with Gasteiger partial charge in [-0.1, -0.05) is 152 Å². The molecule has 3 heteroatoms. The van der Waals surface area contributed by atoms with E-state index in [-0.39, 0.29) is 6.10 Å². The van der Waals surface area contributed by atoms with Crippen LogP contribution in [-0.2, 0) is 8.85 Å². The van der Waals surface area contributed by atoms with E-state index in [1.807, 2.05) is 0 Å². The van der Waals surface area contributed by atoms with E-state index in [0.29, 0.717) is 0 Å². The molecule has 34 heavy (non-hydrogen) atoms. The first-order chi connectivity index (χ1) is 16.7. The summed E-state index contributed by atoms with van der Waals surface area (Å²) in [5, 5.41) is 2.44. The largest absolute Gasteiger partial charge is 0.407 e. The zero-order chi connectivity index (χ0) is 24.3. The monoisotopic (exact) mass is 482 g/mol. The molecule has 0 amide bonds. The van der Waals surface area contributed by atoms with Crippen LogP contribution in [0.15, 0.2) is 60.7 Å². The van der Waals surface area contributed by atoms with Crippen LogP contribution in [0, 0.1) is 0 Å². The van der Waals surface area contributed by atoms with Crippen molar-refractivity contribution < 1.29 is 8.85 Å². The van der Waals surface area contributed by atoms with E-state index in [4.69, 9.17) is 8.85 Å². The van der Waals surface area contributed by atoms with Crippen LogP contribution < -0.4 is 10.4 Å². The third-order valence-corrected chi connectivity index (χ3v) is 10.2. The lowest BCUT2D eigenvalue weighted by Gasteiger charge is -2.34.